The third-order valence-electron chi connectivity index (χ3n) is 3.37. The number of para-hydroxylation sites is 2. The molecule has 2 aromatic heterocycles. The third kappa shape index (κ3) is 3.66. The van der Waals surface area contributed by atoms with Crippen LogP contribution in [0.5, 0.6) is 5.75 Å². The van der Waals surface area contributed by atoms with Gasteiger partial charge >= 0.3 is 0 Å². The van der Waals surface area contributed by atoms with Crippen LogP contribution in [-0.4, -0.2) is 17.5 Å². The topological polar surface area (TPSA) is 51.2 Å². The maximum atomic E-state index is 12.7. The second kappa shape index (κ2) is 7.59. The molecule has 4 nitrogen and oxygen atoms in total. The van der Waals surface area contributed by atoms with Gasteiger partial charge in [0, 0.05) is 10.9 Å². The molecule has 0 unspecified atom stereocenters. The number of thiazole rings is 1. The first kappa shape index (κ1) is 16.7. The molecule has 3 rings (SSSR count). The van der Waals surface area contributed by atoms with E-state index < -0.39 is 0 Å². The van der Waals surface area contributed by atoms with Crippen LogP contribution in [0.1, 0.15) is 28.7 Å². The van der Waals surface area contributed by atoms with Crippen LogP contribution in [0.3, 0.4) is 0 Å². The number of hydrogen-bond donors (Lipinski definition) is 1. The smallest absolute Gasteiger partial charge is 0.267 e. The maximum Gasteiger partial charge on any atom is 0.267 e. The van der Waals surface area contributed by atoms with Gasteiger partial charge in [0.15, 0.2) is 0 Å². The number of nitrogens with zero attached hydrogens (tertiary/aromatic N) is 1. The molecule has 124 valence electrons. The normalized spacial score (nSPS) is 10.6. The van der Waals surface area contributed by atoms with Gasteiger partial charge in [-0.2, -0.15) is 11.3 Å². The van der Waals surface area contributed by atoms with E-state index in [2.05, 4.69) is 10.3 Å². The van der Waals surface area contributed by atoms with Gasteiger partial charge in [-0.3, -0.25) is 4.79 Å². The lowest BCUT2D eigenvalue weighted by molar-refractivity contribution is 0.102. The van der Waals surface area contributed by atoms with Crippen molar-refractivity contribution in [3.63, 3.8) is 0 Å². The summed E-state index contributed by atoms with van der Waals surface area (Å²) < 4.78 is 5.69. The first-order valence-electron chi connectivity index (χ1n) is 7.72. The van der Waals surface area contributed by atoms with E-state index in [1.54, 1.807) is 11.3 Å². The summed E-state index contributed by atoms with van der Waals surface area (Å²) in [6, 6.07) is 9.50. The summed E-state index contributed by atoms with van der Waals surface area (Å²) in [5, 5.41) is 7.86. The Morgan fingerprint density at radius 3 is 2.88 bits per heavy atom. The van der Waals surface area contributed by atoms with E-state index in [4.69, 9.17) is 4.74 Å². The van der Waals surface area contributed by atoms with Gasteiger partial charge in [-0.1, -0.05) is 19.1 Å². The molecule has 0 radical (unpaired) electrons. The molecule has 1 aromatic carbocycles. The molecule has 6 heteroatoms. The van der Waals surface area contributed by atoms with E-state index in [0.717, 1.165) is 22.7 Å². The number of anilines is 1. The Bertz CT molecular complexity index is 825. The molecule has 2 heterocycles. The lowest BCUT2D eigenvalue weighted by Gasteiger charge is -2.11. The van der Waals surface area contributed by atoms with E-state index in [1.165, 1.54) is 11.3 Å². The fourth-order valence-corrected chi connectivity index (χ4v) is 3.88. The summed E-state index contributed by atoms with van der Waals surface area (Å²) in [5.41, 5.74) is 2.48. The zero-order chi connectivity index (χ0) is 16.9. The number of nitrogens with one attached hydrogen (secondary N) is 1. The summed E-state index contributed by atoms with van der Waals surface area (Å²) in [6.07, 6.45) is 0.917. The molecule has 0 atom stereocenters. The van der Waals surface area contributed by atoms with Crippen molar-refractivity contribution >= 4 is 34.3 Å². The van der Waals surface area contributed by atoms with Crippen LogP contribution in [0, 0.1) is 6.92 Å². The Morgan fingerprint density at radius 2 is 2.12 bits per heavy atom. The average Bonchev–Trinajstić information content (AvgIpc) is 3.23. The van der Waals surface area contributed by atoms with E-state index in [-0.39, 0.29) is 5.91 Å². The van der Waals surface area contributed by atoms with Crippen molar-refractivity contribution in [3.05, 3.63) is 51.7 Å². The number of ether oxygens (including phenoxy) is 1. The molecule has 0 bridgehead atoms. The number of aryl methyl sites for hydroxylation is 1. The molecule has 0 aliphatic carbocycles. The van der Waals surface area contributed by atoms with Crippen molar-refractivity contribution in [2.24, 2.45) is 0 Å². The molecule has 24 heavy (non-hydrogen) atoms. The fraction of sp³-hybridized carbons (Fsp3) is 0.222. The van der Waals surface area contributed by atoms with Crippen LogP contribution in [-0.2, 0) is 0 Å². The maximum absolute atomic E-state index is 12.7. The van der Waals surface area contributed by atoms with Crippen molar-refractivity contribution < 1.29 is 9.53 Å². The SMILES string of the molecule is CCCOc1ccccc1NC(=O)c1sc(-c2ccsc2)nc1C. The van der Waals surface area contributed by atoms with Gasteiger partial charge < -0.3 is 10.1 Å². The van der Waals surface area contributed by atoms with Crippen molar-refractivity contribution in [2.45, 2.75) is 20.3 Å². The van der Waals surface area contributed by atoms with Gasteiger partial charge in [-0.25, -0.2) is 4.98 Å². The first-order chi connectivity index (χ1) is 11.7. The Morgan fingerprint density at radius 1 is 1.29 bits per heavy atom. The fourth-order valence-electron chi connectivity index (χ4n) is 2.20. The summed E-state index contributed by atoms with van der Waals surface area (Å²) >= 11 is 3.03. The minimum Gasteiger partial charge on any atom is -0.491 e. The molecule has 0 fully saturated rings. The molecular formula is C18H18N2O2S2. The van der Waals surface area contributed by atoms with Gasteiger partial charge in [0.2, 0.25) is 0 Å². The first-order valence-corrected chi connectivity index (χ1v) is 9.48. The van der Waals surface area contributed by atoms with Crippen LogP contribution in [0.2, 0.25) is 0 Å². The van der Waals surface area contributed by atoms with Gasteiger partial charge in [-0.05, 0) is 36.9 Å². The summed E-state index contributed by atoms with van der Waals surface area (Å²) in [7, 11) is 0. The van der Waals surface area contributed by atoms with Crippen molar-refractivity contribution in [1.82, 2.24) is 4.98 Å². The summed E-state index contributed by atoms with van der Waals surface area (Å²) in [5.74, 6) is 0.534. The standard InChI is InChI=1S/C18H18N2O2S2/c1-3-9-22-15-7-5-4-6-14(15)20-17(21)16-12(2)19-18(24-16)13-8-10-23-11-13/h4-8,10-11H,3,9H2,1-2H3,(H,20,21). The number of carbonyl (C=O) groups is 1. The second-order valence-electron chi connectivity index (χ2n) is 5.24. The molecule has 1 N–H and O–H groups in total. The highest BCUT2D eigenvalue weighted by Gasteiger charge is 2.17. The van der Waals surface area contributed by atoms with Crippen LogP contribution < -0.4 is 10.1 Å². The minimum absolute atomic E-state index is 0.154. The Kier molecular flexibility index (Phi) is 5.27. The van der Waals surface area contributed by atoms with Crippen LogP contribution >= 0.6 is 22.7 Å². The Labute approximate surface area is 149 Å². The molecular weight excluding hydrogens is 340 g/mol. The number of rotatable bonds is 6. The largest absolute Gasteiger partial charge is 0.491 e. The van der Waals surface area contributed by atoms with E-state index in [0.29, 0.717) is 22.9 Å². The van der Waals surface area contributed by atoms with Crippen molar-refractivity contribution in [1.29, 1.82) is 0 Å². The van der Waals surface area contributed by atoms with Gasteiger partial charge in [0.25, 0.3) is 5.91 Å². The molecule has 1 amide bonds. The molecule has 0 saturated heterocycles. The van der Waals surface area contributed by atoms with E-state index in [9.17, 15) is 4.79 Å². The number of aromatic nitrogens is 1. The average molecular weight is 358 g/mol. The quantitative estimate of drug-likeness (QED) is 0.657. The highest BCUT2D eigenvalue weighted by Crippen LogP contribution is 2.31. The number of amides is 1. The lowest BCUT2D eigenvalue weighted by Crippen LogP contribution is -2.12. The monoisotopic (exact) mass is 358 g/mol. The summed E-state index contributed by atoms with van der Waals surface area (Å²) in [4.78, 5) is 17.8. The molecule has 0 spiro atoms. The molecule has 0 aliphatic heterocycles. The minimum atomic E-state index is -0.154. The van der Waals surface area contributed by atoms with Crippen molar-refractivity contribution in [3.8, 4) is 16.3 Å². The van der Waals surface area contributed by atoms with Crippen LogP contribution in [0.4, 0.5) is 5.69 Å². The Balaban J connectivity index is 1.81. The van der Waals surface area contributed by atoms with Gasteiger partial charge in [0.1, 0.15) is 15.6 Å². The van der Waals surface area contributed by atoms with Crippen LogP contribution in [0.25, 0.3) is 10.6 Å². The zero-order valence-corrected chi connectivity index (χ0v) is 15.2. The number of benzene rings is 1. The highest BCUT2D eigenvalue weighted by atomic mass is 32.1. The molecule has 3 aromatic rings. The van der Waals surface area contributed by atoms with Gasteiger partial charge in [0.05, 0.1) is 18.0 Å². The van der Waals surface area contributed by atoms with Crippen LogP contribution in [0.15, 0.2) is 41.1 Å². The number of hydrogen-bond acceptors (Lipinski definition) is 5. The Hall–Kier alpha value is -2.18. The summed E-state index contributed by atoms with van der Waals surface area (Å²) in [6.45, 7) is 4.53. The second-order valence-corrected chi connectivity index (χ2v) is 7.02. The number of carbonyl (C=O) groups excluding carboxylic acids is 1. The van der Waals surface area contributed by atoms with E-state index in [1.807, 2.05) is 54.9 Å². The zero-order valence-electron chi connectivity index (χ0n) is 13.5. The molecule has 0 saturated carbocycles. The predicted molar refractivity (Wildman–Crippen MR) is 100 cm³/mol. The van der Waals surface area contributed by atoms with Crippen molar-refractivity contribution in [2.75, 3.05) is 11.9 Å². The number of thiophene rings is 1. The predicted octanol–water partition coefficient (Wildman–Crippen LogP) is 5.22. The van der Waals surface area contributed by atoms with E-state index >= 15 is 0 Å². The van der Waals surface area contributed by atoms with Gasteiger partial charge in [-0.15, -0.1) is 11.3 Å². The molecule has 0 aliphatic rings. The highest BCUT2D eigenvalue weighted by molar-refractivity contribution is 7.17. The lowest BCUT2D eigenvalue weighted by atomic mass is 10.2. The third-order valence-corrected chi connectivity index (χ3v) is 5.26.